The molecule has 1 fully saturated rings. The predicted molar refractivity (Wildman–Crippen MR) is 121 cm³/mol. The first kappa shape index (κ1) is 21.8. The van der Waals surface area contributed by atoms with Crippen molar-refractivity contribution in [1.82, 2.24) is 4.90 Å². The number of imide groups is 1. The molecule has 0 saturated carbocycles. The average Bonchev–Trinajstić information content (AvgIpc) is 3.05. The number of halogens is 2. The molecule has 0 radical (unpaired) electrons. The molecule has 4 rings (SSSR count). The average molecular weight is 468 g/mol. The lowest BCUT2D eigenvalue weighted by atomic mass is 10.2. The van der Waals surface area contributed by atoms with E-state index in [-0.39, 0.29) is 22.0 Å². The van der Waals surface area contributed by atoms with Crippen molar-refractivity contribution in [2.45, 2.75) is 6.54 Å². The number of hydrogen-bond donors (Lipinski definition) is 0. The molecular formula is C24H15ClFNO4S. The van der Waals surface area contributed by atoms with Gasteiger partial charge < -0.3 is 4.74 Å². The summed E-state index contributed by atoms with van der Waals surface area (Å²) < 4.78 is 19.4. The zero-order valence-corrected chi connectivity index (χ0v) is 18.0. The van der Waals surface area contributed by atoms with E-state index in [4.69, 9.17) is 16.3 Å². The highest BCUT2D eigenvalue weighted by atomic mass is 35.5. The fraction of sp³-hybridized carbons (Fsp3) is 0.0417. The van der Waals surface area contributed by atoms with Gasteiger partial charge >= 0.3 is 5.97 Å². The number of thioether (sulfide) groups is 1. The van der Waals surface area contributed by atoms with Gasteiger partial charge in [0.15, 0.2) is 0 Å². The first-order valence-corrected chi connectivity index (χ1v) is 10.7. The van der Waals surface area contributed by atoms with Crippen molar-refractivity contribution in [3.8, 4) is 5.75 Å². The standard InChI is InChI=1S/C24H15ClFNO4S/c25-19-7-4-8-20(26)18(19)14-27-22(28)21(32-24(27)30)13-15-9-11-17(12-10-15)31-23(29)16-5-2-1-3-6-16/h1-13H,14H2/b21-13-. The third kappa shape index (κ3) is 4.74. The number of carbonyl (C=O) groups is 3. The molecule has 0 atom stereocenters. The lowest BCUT2D eigenvalue weighted by Gasteiger charge is -2.14. The van der Waals surface area contributed by atoms with Crippen LogP contribution in [0.1, 0.15) is 21.5 Å². The monoisotopic (exact) mass is 467 g/mol. The Morgan fingerprint density at radius 1 is 1.00 bits per heavy atom. The number of hydrogen-bond acceptors (Lipinski definition) is 5. The van der Waals surface area contributed by atoms with Crippen LogP contribution in [0.2, 0.25) is 5.02 Å². The van der Waals surface area contributed by atoms with Gasteiger partial charge in [-0.05, 0) is 59.8 Å². The van der Waals surface area contributed by atoms with Crippen molar-refractivity contribution in [3.63, 3.8) is 0 Å². The largest absolute Gasteiger partial charge is 0.423 e. The number of ether oxygens (including phenoxy) is 1. The Labute approximate surface area is 192 Å². The van der Waals surface area contributed by atoms with Crippen molar-refractivity contribution in [1.29, 1.82) is 0 Å². The Bertz CT molecular complexity index is 1210. The summed E-state index contributed by atoms with van der Waals surface area (Å²) in [6.45, 7) is -0.248. The summed E-state index contributed by atoms with van der Waals surface area (Å²) in [6, 6.07) is 19.3. The van der Waals surface area contributed by atoms with Crippen LogP contribution in [0, 0.1) is 5.82 Å². The number of carbonyl (C=O) groups excluding carboxylic acids is 3. The molecule has 32 heavy (non-hydrogen) atoms. The van der Waals surface area contributed by atoms with Crippen LogP contribution in [-0.4, -0.2) is 22.0 Å². The van der Waals surface area contributed by atoms with Crippen LogP contribution in [0.3, 0.4) is 0 Å². The molecule has 1 heterocycles. The van der Waals surface area contributed by atoms with Crippen molar-refractivity contribution < 1.29 is 23.5 Å². The zero-order valence-electron chi connectivity index (χ0n) is 16.5. The van der Waals surface area contributed by atoms with E-state index in [1.165, 1.54) is 18.2 Å². The first-order chi connectivity index (χ1) is 15.4. The van der Waals surface area contributed by atoms with Crippen molar-refractivity contribution >= 4 is 46.6 Å². The lowest BCUT2D eigenvalue weighted by molar-refractivity contribution is -0.123. The molecule has 1 aliphatic heterocycles. The van der Waals surface area contributed by atoms with Crippen LogP contribution in [0.4, 0.5) is 9.18 Å². The number of esters is 1. The minimum atomic E-state index is -0.582. The smallest absolute Gasteiger partial charge is 0.343 e. The molecule has 0 bridgehead atoms. The van der Waals surface area contributed by atoms with E-state index in [2.05, 4.69) is 0 Å². The number of benzene rings is 3. The highest BCUT2D eigenvalue weighted by molar-refractivity contribution is 8.18. The van der Waals surface area contributed by atoms with Gasteiger partial charge in [-0.15, -0.1) is 0 Å². The molecule has 2 amide bonds. The molecule has 0 spiro atoms. The normalized spacial score (nSPS) is 14.8. The van der Waals surface area contributed by atoms with E-state index in [1.807, 2.05) is 0 Å². The fourth-order valence-corrected chi connectivity index (χ4v) is 4.06. The van der Waals surface area contributed by atoms with Crippen LogP contribution in [0.5, 0.6) is 5.75 Å². The molecule has 1 aliphatic rings. The number of amides is 2. The maximum Gasteiger partial charge on any atom is 0.343 e. The second kappa shape index (κ2) is 9.38. The summed E-state index contributed by atoms with van der Waals surface area (Å²) in [4.78, 5) is 38.3. The van der Waals surface area contributed by atoms with Crippen LogP contribution >= 0.6 is 23.4 Å². The molecule has 3 aromatic rings. The van der Waals surface area contributed by atoms with E-state index >= 15 is 0 Å². The summed E-state index contributed by atoms with van der Waals surface area (Å²) in [6.07, 6.45) is 1.55. The first-order valence-electron chi connectivity index (χ1n) is 9.48. The lowest BCUT2D eigenvalue weighted by Crippen LogP contribution is -2.28. The molecule has 0 N–H and O–H groups in total. The quantitative estimate of drug-likeness (QED) is 0.264. The summed E-state index contributed by atoms with van der Waals surface area (Å²) in [5.74, 6) is -1.25. The van der Waals surface area contributed by atoms with Gasteiger partial charge in [0.05, 0.1) is 17.0 Å². The van der Waals surface area contributed by atoms with E-state index < -0.39 is 22.9 Å². The van der Waals surface area contributed by atoms with E-state index in [9.17, 15) is 18.8 Å². The van der Waals surface area contributed by atoms with Gasteiger partial charge in [-0.1, -0.05) is 48.0 Å². The minimum absolute atomic E-state index is 0.0855. The molecular weight excluding hydrogens is 453 g/mol. The highest BCUT2D eigenvalue weighted by Gasteiger charge is 2.35. The van der Waals surface area contributed by atoms with E-state index in [1.54, 1.807) is 60.7 Å². The predicted octanol–water partition coefficient (Wildman–Crippen LogP) is 5.93. The second-order valence-corrected chi connectivity index (χ2v) is 8.19. The molecule has 5 nitrogen and oxygen atoms in total. The topological polar surface area (TPSA) is 63.7 Å². The van der Waals surface area contributed by atoms with Gasteiger partial charge in [0, 0.05) is 10.6 Å². The van der Waals surface area contributed by atoms with E-state index in [0.717, 1.165) is 16.7 Å². The molecule has 0 aliphatic carbocycles. The van der Waals surface area contributed by atoms with Crippen molar-refractivity contribution in [2.24, 2.45) is 0 Å². The van der Waals surface area contributed by atoms with E-state index in [0.29, 0.717) is 16.9 Å². The molecule has 0 unspecified atom stereocenters. The Hall–Kier alpha value is -3.42. The molecule has 1 saturated heterocycles. The molecule has 8 heteroatoms. The van der Waals surface area contributed by atoms with Gasteiger partial charge in [0.2, 0.25) is 0 Å². The maximum atomic E-state index is 14.0. The summed E-state index contributed by atoms with van der Waals surface area (Å²) in [5, 5.41) is -0.359. The molecule has 3 aromatic carbocycles. The van der Waals surface area contributed by atoms with Crippen LogP contribution in [-0.2, 0) is 11.3 Å². The number of rotatable bonds is 5. The highest BCUT2D eigenvalue weighted by Crippen LogP contribution is 2.34. The Kier molecular flexibility index (Phi) is 6.39. The Morgan fingerprint density at radius 3 is 2.41 bits per heavy atom. The number of nitrogens with zero attached hydrogens (tertiary/aromatic N) is 1. The van der Waals surface area contributed by atoms with Crippen LogP contribution < -0.4 is 4.74 Å². The van der Waals surface area contributed by atoms with Gasteiger partial charge in [-0.3, -0.25) is 14.5 Å². The van der Waals surface area contributed by atoms with Crippen molar-refractivity contribution in [3.05, 3.63) is 105 Å². The third-order valence-electron chi connectivity index (χ3n) is 4.65. The van der Waals surface area contributed by atoms with Gasteiger partial charge in [0.25, 0.3) is 11.1 Å². The summed E-state index contributed by atoms with van der Waals surface area (Å²) in [5.41, 5.74) is 1.15. The van der Waals surface area contributed by atoms with Crippen LogP contribution in [0.25, 0.3) is 6.08 Å². The van der Waals surface area contributed by atoms with Gasteiger partial charge in [-0.2, -0.15) is 0 Å². The summed E-state index contributed by atoms with van der Waals surface area (Å²) >= 11 is 6.78. The minimum Gasteiger partial charge on any atom is -0.423 e. The molecule has 0 aromatic heterocycles. The second-order valence-electron chi connectivity index (χ2n) is 6.79. The maximum absolute atomic E-state index is 14.0. The SMILES string of the molecule is O=C(Oc1ccc(/C=C2\SC(=O)N(Cc3c(F)cccc3Cl)C2=O)cc1)c1ccccc1. The van der Waals surface area contributed by atoms with Crippen LogP contribution in [0.15, 0.2) is 77.7 Å². The third-order valence-corrected chi connectivity index (χ3v) is 5.91. The van der Waals surface area contributed by atoms with Gasteiger partial charge in [0.1, 0.15) is 11.6 Å². The van der Waals surface area contributed by atoms with Crippen molar-refractivity contribution in [2.75, 3.05) is 0 Å². The fourth-order valence-electron chi connectivity index (χ4n) is 3.00. The summed E-state index contributed by atoms with van der Waals surface area (Å²) in [7, 11) is 0. The Morgan fingerprint density at radius 2 is 1.72 bits per heavy atom. The Balaban J connectivity index is 1.46. The zero-order chi connectivity index (χ0) is 22.7. The van der Waals surface area contributed by atoms with Gasteiger partial charge in [-0.25, -0.2) is 9.18 Å². The molecule has 160 valence electrons.